The van der Waals surface area contributed by atoms with E-state index in [0.29, 0.717) is 39.0 Å². The van der Waals surface area contributed by atoms with Gasteiger partial charge in [-0.3, -0.25) is 10.1 Å². The van der Waals surface area contributed by atoms with Crippen molar-refractivity contribution in [3.63, 3.8) is 0 Å². The van der Waals surface area contributed by atoms with E-state index in [4.69, 9.17) is 9.97 Å². The van der Waals surface area contributed by atoms with Crippen LogP contribution in [0.5, 0.6) is 0 Å². The maximum absolute atomic E-state index is 12.5. The van der Waals surface area contributed by atoms with Gasteiger partial charge in [0.2, 0.25) is 10.0 Å². The number of rotatable bonds is 9. The van der Waals surface area contributed by atoms with E-state index in [9.17, 15) is 18.5 Å². The molecule has 0 saturated carbocycles. The third-order valence-electron chi connectivity index (χ3n) is 6.18. The first kappa shape index (κ1) is 25.0. The molecule has 180 valence electrons. The summed E-state index contributed by atoms with van der Waals surface area (Å²) < 4.78 is 26.5. The summed E-state index contributed by atoms with van der Waals surface area (Å²) in [5.41, 5.74) is 2.85. The number of sulfonamides is 1. The smallest absolute Gasteiger partial charge is 0.269 e. The van der Waals surface area contributed by atoms with Crippen LogP contribution in [-0.2, 0) is 16.4 Å². The number of hydrogen-bond acceptors (Lipinski definition) is 7. The summed E-state index contributed by atoms with van der Waals surface area (Å²) in [7, 11) is -3.22. The van der Waals surface area contributed by atoms with Crippen molar-refractivity contribution in [2.45, 2.75) is 52.9 Å². The van der Waals surface area contributed by atoms with Crippen LogP contribution in [0.2, 0.25) is 0 Å². The zero-order valence-electron chi connectivity index (χ0n) is 19.8. The predicted molar refractivity (Wildman–Crippen MR) is 129 cm³/mol. The Bertz CT molecular complexity index is 1080. The van der Waals surface area contributed by atoms with Crippen LogP contribution in [0.4, 0.5) is 11.5 Å². The molecule has 1 aliphatic heterocycles. The maximum atomic E-state index is 12.5. The van der Waals surface area contributed by atoms with Crippen LogP contribution in [0.25, 0.3) is 0 Å². The Labute approximate surface area is 196 Å². The molecule has 2 heterocycles. The predicted octanol–water partition coefficient (Wildman–Crippen LogP) is 3.66. The van der Waals surface area contributed by atoms with Crippen molar-refractivity contribution in [1.82, 2.24) is 14.3 Å². The van der Waals surface area contributed by atoms with Gasteiger partial charge in [0, 0.05) is 61.9 Å². The Morgan fingerprint density at radius 3 is 2.27 bits per heavy atom. The van der Waals surface area contributed by atoms with Crippen LogP contribution in [0.15, 0.2) is 24.3 Å². The molecule has 1 aliphatic rings. The second-order valence-corrected chi connectivity index (χ2v) is 10.7. The minimum absolute atomic E-state index is 0.0588. The first-order chi connectivity index (χ1) is 15.7. The van der Waals surface area contributed by atoms with Crippen molar-refractivity contribution in [2.24, 2.45) is 0 Å². The van der Waals surface area contributed by atoms with Gasteiger partial charge in [-0.15, -0.1) is 0 Å². The van der Waals surface area contributed by atoms with Gasteiger partial charge in [-0.05, 0) is 25.3 Å². The van der Waals surface area contributed by atoms with Crippen molar-refractivity contribution in [2.75, 3.05) is 36.8 Å². The number of aryl methyl sites for hydroxylation is 1. The molecule has 0 aliphatic carbocycles. The molecule has 1 atom stereocenters. The normalized spacial score (nSPS) is 16.1. The molecular formula is C23H33N5O4S. The zero-order valence-corrected chi connectivity index (χ0v) is 20.6. The number of nitrogens with zero attached hydrogens (tertiary/aromatic N) is 5. The fraction of sp³-hybridized carbons (Fsp3) is 0.565. The Hall–Kier alpha value is -2.59. The lowest BCUT2D eigenvalue weighted by Gasteiger charge is -2.36. The standard InChI is InChI=1S/C23H33N5O4S/c1-5-15-33(31,32)27-13-11-26(12-14-27)23-21(18(4)24-22(25-23)17(3)6-2)16-19-7-9-20(10-8-19)28(29)30/h7-10,17H,5-6,11-16H2,1-4H3/t17-/m1/s1. The van der Waals surface area contributed by atoms with E-state index in [1.54, 1.807) is 16.4 Å². The van der Waals surface area contributed by atoms with Crippen molar-refractivity contribution >= 4 is 21.5 Å². The minimum Gasteiger partial charge on any atom is -0.354 e. The highest BCUT2D eigenvalue weighted by atomic mass is 32.2. The zero-order chi connectivity index (χ0) is 24.2. The summed E-state index contributed by atoms with van der Waals surface area (Å²) in [5.74, 6) is 2.01. The van der Waals surface area contributed by atoms with Gasteiger partial charge in [0.05, 0.1) is 10.7 Å². The molecule has 10 heteroatoms. The highest BCUT2D eigenvalue weighted by molar-refractivity contribution is 7.89. The van der Waals surface area contributed by atoms with Crippen LogP contribution in [0, 0.1) is 17.0 Å². The SMILES string of the molecule is CCCS(=O)(=O)N1CCN(c2nc([C@H](C)CC)nc(C)c2Cc2ccc([N+](=O)[O-])cc2)CC1. The quantitative estimate of drug-likeness (QED) is 0.402. The third-order valence-corrected chi connectivity index (χ3v) is 8.26. The summed E-state index contributed by atoms with van der Waals surface area (Å²) in [5, 5.41) is 11.0. The van der Waals surface area contributed by atoms with E-state index in [1.807, 2.05) is 13.8 Å². The van der Waals surface area contributed by atoms with Crippen molar-refractivity contribution in [3.05, 3.63) is 57.0 Å². The Morgan fingerprint density at radius 2 is 1.73 bits per heavy atom. The molecule has 1 aromatic carbocycles. The number of anilines is 1. The molecule has 1 saturated heterocycles. The van der Waals surface area contributed by atoms with E-state index in [1.165, 1.54) is 12.1 Å². The molecule has 1 fully saturated rings. The highest BCUT2D eigenvalue weighted by Crippen LogP contribution is 2.28. The van der Waals surface area contributed by atoms with E-state index < -0.39 is 14.9 Å². The summed E-state index contributed by atoms with van der Waals surface area (Å²) >= 11 is 0. The number of nitro benzene ring substituents is 1. The van der Waals surface area contributed by atoms with Crippen LogP contribution < -0.4 is 4.90 Å². The fourth-order valence-electron chi connectivity index (χ4n) is 3.98. The summed E-state index contributed by atoms with van der Waals surface area (Å²) in [6.07, 6.45) is 2.07. The highest BCUT2D eigenvalue weighted by Gasteiger charge is 2.29. The van der Waals surface area contributed by atoms with Gasteiger partial charge in [0.25, 0.3) is 5.69 Å². The number of non-ortho nitro benzene ring substituents is 1. The van der Waals surface area contributed by atoms with Crippen LogP contribution in [-0.4, -0.2) is 59.5 Å². The van der Waals surface area contributed by atoms with Gasteiger partial charge >= 0.3 is 0 Å². The molecule has 33 heavy (non-hydrogen) atoms. The van der Waals surface area contributed by atoms with Crippen molar-refractivity contribution in [1.29, 1.82) is 0 Å². The first-order valence-electron chi connectivity index (χ1n) is 11.5. The largest absolute Gasteiger partial charge is 0.354 e. The Kier molecular flexibility index (Phi) is 8.01. The number of nitro groups is 1. The number of benzene rings is 1. The second-order valence-electron chi connectivity index (χ2n) is 8.58. The monoisotopic (exact) mass is 475 g/mol. The van der Waals surface area contributed by atoms with E-state index in [-0.39, 0.29) is 17.4 Å². The number of piperazine rings is 1. The Morgan fingerprint density at radius 1 is 1.09 bits per heavy atom. The molecule has 0 radical (unpaired) electrons. The Balaban J connectivity index is 1.91. The van der Waals surface area contributed by atoms with Gasteiger partial charge in [0.15, 0.2) is 0 Å². The summed E-state index contributed by atoms with van der Waals surface area (Å²) in [4.78, 5) is 22.4. The van der Waals surface area contributed by atoms with Gasteiger partial charge < -0.3 is 4.90 Å². The lowest BCUT2D eigenvalue weighted by Crippen LogP contribution is -2.49. The third kappa shape index (κ3) is 5.86. The van der Waals surface area contributed by atoms with Crippen molar-refractivity contribution < 1.29 is 13.3 Å². The average molecular weight is 476 g/mol. The lowest BCUT2D eigenvalue weighted by molar-refractivity contribution is -0.384. The maximum Gasteiger partial charge on any atom is 0.269 e. The molecule has 1 aromatic heterocycles. The van der Waals surface area contributed by atoms with Crippen LogP contribution >= 0.6 is 0 Å². The average Bonchev–Trinajstić information content (AvgIpc) is 2.80. The summed E-state index contributed by atoms with van der Waals surface area (Å²) in [6.45, 7) is 10.0. The minimum atomic E-state index is -3.22. The molecule has 2 aromatic rings. The fourth-order valence-corrected chi connectivity index (χ4v) is 5.47. The molecule has 0 unspecified atom stereocenters. The molecule has 3 rings (SSSR count). The van der Waals surface area contributed by atoms with Gasteiger partial charge in [0.1, 0.15) is 11.6 Å². The van der Waals surface area contributed by atoms with Crippen LogP contribution in [0.3, 0.4) is 0 Å². The molecule has 0 N–H and O–H groups in total. The van der Waals surface area contributed by atoms with Gasteiger partial charge in [-0.25, -0.2) is 18.4 Å². The molecule has 0 spiro atoms. The van der Waals surface area contributed by atoms with Gasteiger partial charge in [-0.1, -0.05) is 32.9 Å². The molecule has 9 nitrogen and oxygen atoms in total. The van der Waals surface area contributed by atoms with E-state index in [0.717, 1.165) is 34.9 Å². The van der Waals surface area contributed by atoms with Crippen LogP contribution in [0.1, 0.15) is 62.2 Å². The summed E-state index contributed by atoms with van der Waals surface area (Å²) in [6, 6.07) is 6.55. The topological polar surface area (TPSA) is 110 Å². The molecule has 0 amide bonds. The van der Waals surface area contributed by atoms with E-state index in [2.05, 4.69) is 18.7 Å². The molecule has 0 bridgehead atoms. The van der Waals surface area contributed by atoms with Crippen molar-refractivity contribution in [3.8, 4) is 0 Å². The number of aromatic nitrogens is 2. The molecular weight excluding hydrogens is 442 g/mol. The number of hydrogen-bond donors (Lipinski definition) is 0. The first-order valence-corrected chi connectivity index (χ1v) is 13.1. The van der Waals surface area contributed by atoms with Gasteiger partial charge in [-0.2, -0.15) is 4.31 Å². The van der Waals surface area contributed by atoms with E-state index >= 15 is 0 Å². The lowest BCUT2D eigenvalue weighted by atomic mass is 10.0. The second kappa shape index (κ2) is 10.6.